The number of carboxylic acid groups (broad SMARTS) is 1. The molecule has 0 saturated carbocycles. The molecule has 4 rings (SSSR count). The summed E-state index contributed by atoms with van der Waals surface area (Å²) >= 11 is 0. The summed E-state index contributed by atoms with van der Waals surface area (Å²) in [5.41, 5.74) is -1.21. The lowest BCUT2D eigenvalue weighted by Crippen LogP contribution is -2.46. The molecule has 1 aliphatic rings. The summed E-state index contributed by atoms with van der Waals surface area (Å²) in [6.45, 7) is 1.92. The highest BCUT2D eigenvalue weighted by atomic mass is 19.4. The van der Waals surface area contributed by atoms with Crippen molar-refractivity contribution in [2.45, 2.75) is 6.18 Å². The Morgan fingerprint density at radius 3 is 2.15 bits per heavy atom. The number of ether oxygens (including phenoxy) is 1. The van der Waals surface area contributed by atoms with Crippen molar-refractivity contribution in [3.8, 4) is 5.75 Å². The highest BCUT2D eigenvalue weighted by Gasteiger charge is 2.30. The quantitative estimate of drug-likeness (QED) is 0.591. The normalized spacial score (nSPS) is 14.6. The van der Waals surface area contributed by atoms with Crippen LogP contribution in [0, 0.1) is 0 Å². The van der Waals surface area contributed by atoms with E-state index in [9.17, 15) is 27.2 Å². The smallest absolute Gasteiger partial charge is 0.416 e. The summed E-state index contributed by atoms with van der Waals surface area (Å²) in [6.07, 6.45) is -3.78. The first-order chi connectivity index (χ1) is 15.6. The molecule has 1 fully saturated rings. The molecule has 1 aliphatic heterocycles. The molecule has 0 spiro atoms. The number of aromatic carboxylic acids is 1. The lowest BCUT2D eigenvalue weighted by atomic mass is 10.1. The summed E-state index contributed by atoms with van der Waals surface area (Å²) in [5.74, 6) is -1.44. The van der Waals surface area contributed by atoms with Crippen LogP contribution in [-0.4, -0.2) is 49.2 Å². The van der Waals surface area contributed by atoms with E-state index >= 15 is 0 Å². The largest absolute Gasteiger partial charge is 0.492 e. The number of hydrogen-bond donors (Lipinski definition) is 1. The molecule has 0 radical (unpaired) electrons. The number of carboxylic acids is 1. The number of benzene rings is 2. The number of nitrogens with zero attached hydrogens (tertiary/aromatic N) is 3. The third-order valence-corrected chi connectivity index (χ3v) is 5.67. The van der Waals surface area contributed by atoms with Crippen molar-refractivity contribution in [2.75, 3.05) is 43.1 Å². The van der Waals surface area contributed by atoms with E-state index in [1.165, 1.54) is 25.3 Å². The van der Waals surface area contributed by atoms with Crippen molar-refractivity contribution in [1.29, 1.82) is 0 Å². The van der Waals surface area contributed by atoms with E-state index in [-0.39, 0.29) is 21.4 Å². The lowest BCUT2D eigenvalue weighted by Gasteiger charge is -2.38. The molecule has 0 bridgehead atoms. The fourth-order valence-electron chi connectivity index (χ4n) is 4.01. The van der Waals surface area contributed by atoms with Gasteiger partial charge in [0.2, 0.25) is 5.43 Å². The van der Waals surface area contributed by atoms with E-state index in [1.54, 1.807) is 6.07 Å². The first-order valence-corrected chi connectivity index (χ1v) is 9.94. The molecule has 7 nitrogen and oxygen atoms in total. The van der Waals surface area contributed by atoms with Crippen LogP contribution in [0.15, 0.2) is 47.4 Å². The Morgan fingerprint density at radius 2 is 1.61 bits per heavy atom. The van der Waals surface area contributed by atoms with Gasteiger partial charge in [-0.1, -0.05) is 4.48 Å². The minimum Gasteiger partial charge on any atom is -0.492 e. The van der Waals surface area contributed by atoms with Gasteiger partial charge in [-0.15, -0.1) is 0 Å². The summed E-state index contributed by atoms with van der Waals surface area (Å²) in [7, 11) is 1.33. The summed E-state index contributed by atoms with van der Waals surface area (Å²) in [6, 6.07) is 7.87. The van der Waals surface area contributed by atoms with E-state index in [4.69, 9.17) is 9.84 Å². The number of aromatic nitrogens is 1. The summed E-state index contributed by atoms with van der Waals surface area (Å²) in [4.78, 5) is 27.6. The number of pyridine rings is 1. The van der Waals surface area contributed by atoms with Gasteiger partial charge < -0.3 is 19.6 Å². The van der Waals surface area contributed by atoms with Crippen LogP contribution in [0.1, 0.15) is 15.9 Å². The van der Waals surface area contributed by atoms with Crippen LogP contribution >= 0.6 is 0 Å². The van der Waals surface area contributed by atoms with Crippen molar-refractivity contribution < 1.29 is 32.3 Å². The first kappa shape index (κ1) is 22.4. The second kappa shape index (κ2) is 8.30. The number of halogens is 4. The zero-order chi connectivity index (χ0) is 23.9. The maximum absolute atomic E-state index is 14.7. The van der Waals surface area contributed by atoms with Crippen LogP contribution < -0.4 is 20.0 Å². The number of hydrogen-bond acceptors (Lipinski definition) is 5. The standard InChI is InChI=1S/C22H19F4N3O4/c1-33-20-17(7-6-15-18(20)29(26)12-16(19(15)30)21(31)32)28-10-8-27(9-11-28)14-4-2-13(3-5-14)22(23,24)25/h2-7,12H,8-11H2,1H3,(H,31,32). The molecule has 11 heteroatoms. The Labute approximate surface area is 184 Å². The third kappa shape index (κ3) is 4.06. The number of rotatable bonds is 4. The molecule has 174 valence electrons. The average Bonchev–Trinajstić information content (AvgIpc) is 2.80. The van der Waals surface area contributed by atoms with Crippen LogP contribution in [0.4, 0.5) is 29.0 Å². The fraction of sp³-hybridized carbons (Fsp3) is 0.273. The zero-order valence-corrected chi connectivity index (χ0v) is 17.4. The van der Waals surface area contributed by atoms with Crippen molar-refractivity contribution in [3.63, 3.8) is 0 Å². The predicted octanol–water partition coefficient (Wildman–Crippen LogP) is 3.79. The van der Waals surface area contributed by atoms with E-state index in [2.05, 4.69) is 0 Å². The molecule has 0 amide bonds. The van der Waals surface area contributed by atoms with Crippen molar-refractivity contribution >= 4 is 28.2 Å². The van der Waals surface area contributed by atoms with Gasteiger partial charge in [0.15, 0.2) is 5.75 Å². The second-order valence-corrected chi connectivity index (χ2v) is 7.52. The van der Waals surface area contributed by atoms with Gasteiger partial charge >= 0.3 is 12.1 Å². The Morgan fingerprint density at radius 1 is 1.00 bits per heavy atom. The number of piperazine rings is 1. The monoisotopic (exact) mass is 465 g/mol. The van der Waals surface area contributed by atoms with Crippen LogP contribution in [0.5, 0.6) is 5.75 Å². The number of anilines is 2. The Kier molecular flexibility index (Phi) is 5.64. The summed E-state index contributed by atoms with van der Waals surface area (Å²) < 4.78 is 58.5. The Bertz CT molecular complexity index is 1260. The van der Waals surface area contributed by atoms with Crippen LogP contribution in [0.25, 0.3) is 10.9 Å². The third-order valence-electron chi connectivity index (χ3n) is 5.67. The van der Waals surface area contributed by atoms with Gasteiger partial charge in [-0.25, -0.2) is 4.79 Å². The van der Waals surface area contributed by atoms with Crippen molar-refractivity contribution in [2.24, 2.45) is 0 Å². The van der Waals surface area contributed by atoms with Gasteiger partial charge in [0.1, 0.15) is 11.1 Å². The van der Waals surface area contributed by atoms with Crippen LogP contribution in [-0.2, 0) is 6.18 Å². The van der Waals surface area contributed by atoms with Gasteiger partial charge in [-0.3, -0.25) is 4.79 Å². The summed E-state index contributed by atoms with van der Waals surface area (Å²) in [5, 5.41) is 9.00. The zero-order valence-electron chi connectivity index (χ0n) is 17.4. The number of alkyl halides is 3. The Hall–Kier alpha value is -3.76. The molecule has 0 aliphatic carbocycles. The van der Waals surface area contributed by atoms with Crippen LogP contribution in [0.3, 0.4) is 0 Å². The molecule has 1 saturated heterocycles. The van der Waals surface area contributed by atoms with E-state index in [1.807, 2.05) is 9.80 Å². The molecule has 0 unspecified atom stereocenters. The van der Waals surface area contributed by atoms with Gasteiger partial charge in [-0.2, -0.15) is 18.0 Å². The molecule has 2 aromatic carbocycles. The minimum absolute atomic E-state index is 0.0704. The minimum atomic E-state index is -4.40. The van der Waals surface area contributed by atoms with E-state index < -0.39 is 28.7 Å². The highest BCUT2D eigenvalue weighted by molar-refractivity contribution is 5.96. The second-order valence-electron chi connectivity index (χ2n) is 7.52. The van der Waals surface area contributed by atoms with Crippen molar-refractivity contribution in [3.05, 3.63) is 63.9 Å². The van der Waals surface area contributed by atoms with E-state index in [0.29, 0.717) is 43.8 Å². The van der Waals surface area contributed by atoms with E-state index in [0.717, 1.165) is 12.1 Å². The molecular weight excluding hydrogens is 446 g/mol. The molecule has 2 heterocycles. The first-order valence-electron chi connectivity index (χ1n) is 9.94. The topological polar surface area (TPSA) is 75.0 Å². The predicted molar refractivity (Wildman–Crippen MR) is 114 cm³/mol. The molecular formula is C22H19F4N3O4. The number of carbonyl (C=O) groups is 1. The van der Waals surface area contributed by atoms with Gasteiger partial charge in [-0.05, 0) is 36.4 Å². The highest BCUT2D eigenvalue weighted by Crippen LogP contribution is 2.36. The molecule has 1 aromatic heterocycles. The van der Waals surface area contributed by atoms with Gasteiger partial charge in [0.05, 0.1) is 29.9 Å². The molecule has 0 atom stereocenters. The van der Waals surface area contributed by atoms with Crippen LogP contribution in [0.2, 0.25) is 0 Å². The number of methoxy groups -OCH3 is 1. The van der Waals surface area contributed by atoms with Gasteiger partial charge in [0.25, 0.3) is 0 Å². The SMILES string of the molecule is COc1c(N2CCN(c3ccc(C(F)(F)F)cc3)CC2)ccc2c(=O)c(C(=O)O)cn(F)c12. The maximum Gasteiger partial charge on any atom is 0.416 e. The maximum atomic E-state index is 14.7. The average molecular weight is 465 g/mol. The number of fused-ring (bicyclic) bond motifs is 1. The van der Waals surface area contributed by atoms with Crippen molar-refractivity contribution in [1.82, 2.24) is 4.79 Å². The molecule has 1 N–H and O–H groups in total. The Balaban J connectivity index is 1.61. The molecule has 33 heavy (non-hydrogen) atoms. The van der Waals surface area contributed by atoms with Gasteiger partial charge in [0, 0.05) is 31.9 Å². The lowest BCUT2D eigenvalue weighted by molar-refractivity contribution is -0.137. The molecule has 3 aromatic rings. The fourth-order valence-corrected chi connectivity index (χ4v) is 4.01.